The summed E-state index contributed by atoms with van der Waals surface area (Å²) in [7, 11) is 0. The summed E-state index contributed by atoms with van der Waals surface area (Å²) in [6, 6.07) is 1.29. The summed E-state index contributed by atoms with van der Waals surface area (Å²) in [6.07, 6.45) is 3.89. The molecule has 1 saturated heterocycles. The van der Waals surface area contributed by atoms with Gasteiger partial charge in [0.15, 0.2) is 5.84 Å². The van der Waals surface area contributed by atoms with E-state index in [9.17, 15) is 0 Å². The quantitative estimate of drug-likeness (QED) is 0.264. The molecule has 2 unspecified atom stereocenters. The molecule has 1 aliphatic carbocycles. The van der Waals surface area contributed by atoms with Crippen molar-refractivity contribution in [2.24, 2.45) is 10.9 Å². The van der Waals surface area contributed by atoms with E-state index in [1.165, 1.54) is 25.8 Å². The van der Waals surface area contributed by atoms with Gasteiger partial charge in [-0.1, -0.05) is 5.16 Å². The summed E-state index contributed by atoms with van der Waals surface area (Å²) in [6.45, 7) is 4.22. The lowest BCUT2D eigenvalue weighted by Crippen LogP contribution is -2.45. The van der Waals surface area contributed by atoms with E-state index < -0.39 is 0 Å². The van der Waals surface area contributed by atoms with E-state index in [4.69, 9.17) is 10.9 Å². The average molecular weight is 212 g/mol. The largest absolute Gasteiger partial charge is 0.409 e. The zero-order chi connectivity index (χ0) is 10.8. The molecule has 0 bridgehead atoms. The Bertz CT molecular complexity index is 252. The zero-order valence-electron chi connectivity index (χ0n) is 9.19. The van der Waals surface area contributed by atoms with Crippen LogP contribution in [-0.4, -0.2) is 47.2 Å². The van der Waals surface area contributed by atoms with Crippen LogP contribution in [0.15, 0.2) is 5.16 Å². The van der Waals surface area contributed by atoms with Crippen LogP contribution in [0.3, 0.4) is 0 Å². The third-order valence-electron chi connectivity index (χ3n) is 3.33. The van der Waals surface area contributed by atoms with Crippen LogP contribution in [0.2, 0.25) is 0 Å². The Morgan fingerprint density at radius 2 is 2.27 bits per heavy atom. The molecule has 1 heterocycles. The van der Waals surface area contributed by atoms with Gasteiger partial charge in [0.05, 0.1) is 6.04 Å². The molecule has 0 spiro atoms. The SMILES string of the molecule is CC(NC1CCN(C2CC2)C1)C(N)=NO. The lowest BCUT2D eigenvalue weighted by molar-refractivity contribution is 0.309. The van der Waals surface area contributed by atoms with Gasteiger partial charge in [-0.05, 0) is 26.2 Å². The van der Waals surface area contributed by atoms with Crippen molar-refractivity contribution in [3.05, 3.63) is 0 Å². The maximum absolute atomic E-state index is 8.54. The van der Waals surface area contributed by atoms with E-state index in [0.717, 1.165) is 12.6 Å². The molecule has 4 N–H and O–H groups in total. The summed E-state index contributed by atoms with van der Waals surface area (Å²) in [5, 5.41) is 14.9. The second-order valence-electron chi connectivity index (χ2n) is 4.62. The fraction of sp³-hybridized carbons (Fsp3) is 0.900. The lowest BCUT2D eigenvalue weighted by Gasteiger charge is -2.19. The fourth-order valence-corrected chi connectivity index (χ4v) is 2.22. The number of likely N-dealkylation sites (tertiary alicyclic amines) is 1. The highest BCUT2D eigenvalue weighted by Crippen LogP contribution is 2.29. The monoisotopic (exact) mass is 212 g/mol. The molecular formula is C10H20N4O. The molecule has 0 aromatic rings. The highest BCUT2D eigenvalue weighted by atomic mass is 16.4. The van der Waals surface area contributed by atoms with Gasteiger partial charge in [-0.2, -0.15) is 0 Å². The Hall–Kier alpha value is -0.810. The Morgan fingerprint density at radius 1 is 1.53 bits per heavy atom. The number of oxime groups is 1. The number of hydrogen-bond donors (Lipinski definition) is 3. The second kappa shape index (κ2) is 4.37. The van der Waals surface area contributed by atoms with Gasteiger partial charge in [0.25, 0.3) is 0 Å². The Kier molecular flexibility index (Phi) is 3.11. The number of amidine groups is 1. The maximum Gasteiger partial charge on any atom is 0.156 e. The Morgan fingerprint density at radius 3 is 2.87 bits per heavy atom. The molecule has 0 radical (unpaired) electrons. The summed E-state index contributed by atoms with van der Waals surface area (Å²) in [4.78, 5) is 2.54. The van der Waals surface area contributed by atoms with E-state index >= 15 is 0 Å². The van der Waals surface area contributed by atoms with E-state index in [2.05, 4.69) is 15.4 Å². The van der Waals surface area contributed by atoms with E-state index in [0.29, 0.717) is 6.04 Å². The van der Waals surface area contributed by atoms with Gasteiger partial charge >= 0.3 is 0 Å². The molecule has 0 aromatic heterocycles. The van der Waals surface area contributed by atoms with E-state index in [-0.39, 0.29) is 11.9 Å². The maximum atomic E-state index is 8.54. The normalized spacial score (nSPS) is 30.7. The van der Waals surface area contributed by atoms with Crippen molar-refractivity contribution in [1.82, 2.24) is 10.2 Å². The van der Waals surface area contributed by atoms with Crippen molar-refractivity contribution in [1.29, 1.82) is 0 Å². The first-order chi connectivity index (χ1) is 7.20. The second-order valence-corrected chi connectivity index (χ2v) is 4.62. The molecule has 2 aliphatic rings. The van der Waals surface area contributed by atoms with Gasteiger partial charge in [0.1, 0.15) is 0 Å². The highest BCUT2D eigenvalue weighted by Gasteiger charge is 2.34. The number of nitrogens with two attached hydrogens (primary N) is 1. The third kappa shape index (κ3) is 2.60. The van der Waals surface area contributed by atoms with Gasteiger partial charge in [0.2, 0.25) is 0 Å². The van der Waals surface area contributed by atoms with Crippen molar-refractivity contribution in [2.45, 2.75) is 44.3 Å². The number of hydrogen-bond acceptors (Lipinski definition) is 4. The van der Waals surface area contributed by atoms with Crippen molar-refractivity contribution in [2.75, 3.05) is 13.1 Å². The number of nitrogens with one attached hydrogen (secondary N) is 1. The van der Waals surface area contributed by atoms with Crippen molar-refractivity contribution >= 4 is 5.84 Å². The van der Waals surface area contributed by atoms with Crippen molar-refractivity contribution in [3.63, 3.8) is 0 Å². The Balaban J connectivity index is 1.76. The lowest BCUT2D eigenvalue weighted by atomic mass is 10.2. The van der Waals surface area contributed by atoms with Crippen LogP contribution in [0.1, 0.15) is 26.2 Å². The molecule has 0 aromatic carbocycles. The summed E-state index contributed by atoms with van der Waals surface area (Å²) < 4.78 is 0. The Labute approximate surface area is 90.3 Å². The average Bonchev–Trinajstić information content (AvgIpc) is 2.99. The number of nitrogens with zero attached hydrogens (tertiary/aromatic N) is 2. The minimum atomic E-state index is -0.0425. The molecule has 1 aliphatic heterocycles. The number of rotatable bonds is 4. The minimum Gasteiger partial charge on any atom is -0.409 e. The first-order valence-corrected chi connectivity index (χ1v) is 5.68. The smallest absolute Gasteiger partial charge is 0.156 e. The van der Waals surface area contributed by atoms with Crippen LogP contribution in [-0.2, 0) is 0 Å². The van der Waals surface area contributed by atoms with Gasteiger partial charge < -0.3 is 16.3 Å². The molecule has 1 saturated carbocycles. The van der Waals surface area contributed by atoms with Crippen LogP contribution < -0.4 is 11.1 Å². The van der Waals surface area contributed by atoms with Crippen LogP contribution in [0, 0.1) is 0 Å². The van der Waals surface area contributed by atoms with Crippen LogP contribution in [0.5, 0.6) is 0 Å². The third-order valence-corrected chi connectivity index (χ3v) is 3.33. The molecule has 0 amide bonds. The predicted molar refractivity (Wildman–Crippen MR) is 59.0 cm³/mol. The van der Waals surface area contributed by atoms with E-state index in [1.54, 1.807) is 0 Å². The van der Waals surface area contributed by atoms with E-state index in [1.807, 2.05) is 6.92 Å². The first kappa shape index (κ1) is 10.7. The molecule has 2 fully saturated rings. The molecule has 15 heavy (non-hydrogen) atoms. The van der Waals surface area contributed by atoms with Crippen molar-refractivity contribution < 1.29 is 5.21 Å². The molecule has 5 nitrogen and oxygen atoms in total. The topological polar surface area (TPSA) is 73.9 Å². The van der Waals surface area contributed by atoms with Crippen LogP contribution >= 0.6 is 0 Å². The first-order valence-electron chi connectivity index (χ1n) is 5.68. The van der Waals surface area contributed by atoms with Crippen molar-refractivity contribution in [3.8, 4) is 0 Å². The molecule has 2 atom stereocenters. The molecule has 2 rings (SSSR count). The van der Waals surface area contributed by atoms with Crippen LogP contribution in [0.4, 0.5) is 0 Å². The molecule has 5 heteroatoms. The van der Waals surface area contributed by atoms with Gasteiger partial charge in [-0.15, -0.1) is 0 Å². The van der Waals surface area contributed by atoms with Gasteiger partial charge in [0, 0.05) is 25.2 Å². The highest BCUT2D eigenvalue weighted by molar-refractivity contribution is 5.84. The summed E-state index contributed by atoms with van der Waals surface area (Å²) in [5.74, 6) is 0.264. The summed E-state index contributed by atoms with van der Waals surface area (Å²) in [5.41, 5.74) is 5.53. The zero-order valence-corrected chi connectivity index (χ0v) is 9.19. The van der Waals surface area contributed by atoms with Gasteiger partial charge in [-0.3, -0.25) is 4.90 Å². The molecule has 86 valence electrons. The van der Waals surface area contributed by atoms with Gasteiger partial charge in [-0.25, -0.2) is 0 Å². The predicted octanol–water partition coefficient (Wildman–Crippen LogP) is -0.0524. The van der Waals surface area contributed by atoms with Crippen LogP contribution in [0.25, 0.3) is 0 Å². The molecular weight excluding hydrogens is 192 g/mol. The standard InChI is InChI=1S/C10H20N4O/c1-7(10(11)13-15)12-8-4-5-14(6-8)9-2-3-9/h7-9,12,15H,2-6H2,1H3,(H2,11,13). The fourth-order valence-electron chi connectivity index (χ4n) is 2.22. The minimum absolute atomic E-state index is 0.0425. The summed E-state index contributed by atoms with van der Waals surface area (Å²) >= 11 is 0.